The highest BCUT2D eigenvalue weighted by molar-refractivity contribution is 5.11. The number of hydrogen-bond donors (Lipinski definition) is 2. The van der Waals surface area contributed by atoms with Crippen molar-refractivity contribution in [3.8, 4) is 0 Å². The maximum absolute atomic E-state index is 12.5. The fourth-order valence-corrected chi connectivity index (χ4v) is 2.13. The van der Waals surface area contributed by atoms with E-state index in [1.807, 2.05) is 0 Å². The molecule has 2 N–H and O–H groups in total. The topological polar surface area (TPSA) is 32.3 Å². The van der Waals surface area contributed by atoms with Gasteiger partial charge in [0.25, 0.3) is 0 Å². The molecule has 2 fully saturated rings. The maximum atomic E-state index is 12.5. The number of piperidine rings is 1. The average molecular weight is 195 g/mol. The van der Waals surface area contributed by atoms with Gasteiger partial charge in [-0.3, -0.25) is 0 Å². The standard InChI is InChI=1S/C8H12F3NO/c9-8(10,11)6-3-5(13)4-12-7(6)1-2-7/h5-6,12-13H,1-4H2. The molecule has 0 aromatic carbocycles. The minimum absolute atomic E-state index is 0.142. The number of β-amino-alcohol motifs (C(OH)–C–C–N with tert-alkyl or cyclic N) is 1. The predicted molar refractivity (Wildman–Crippen MR) is 40.1 cm³/mol. The van der Waals surface area contributed by atoms with Gasteiger partial charge in [-0.05, 0) is 19.3 Å². The molecule has 76 valence electrons. The third-order valence-electron chi connectivity index (χ3n) is 3.05. The van der Waals surface area contributed by atoms with Crippen LogP contribution in [0.3, 0.4) is 0 Å². The number of alkyl halides is 3. The molecule has 1 heterocycles. The van der Waals surface area contributed by atoms with Crippen LogP contribution >= 0.6 is 0 Å². The zero-order valence-corrected chi connectivity index (χ0v) is 7.06. The summed E-state index contributed by atoms with van der Waals surface area (Å²) in [5, 5.41) is 11.9. The molecule has 1 spiro atoms. The summed E-state index contributed by atoms with van der Waals surface area (Å²) in [6.45, 7) is 0.298. The molecule has 1 aliphatic heterocycles. The molecule has 2 nitrogen and oxygen atoms in total. The monoisotopic (exact) mass is 195 g/mol. The van der Waals surface area contributed by atoms with Crippen LogP contribution in [0.2, 0.25) is 0 Å². The molecule has 0 aromatic heterocycles. The van der Waals surface area contributed by atoms with Gasteiger partial charge in [-0.1, -0.05) is 0 Å². The van der Waals surface area contributed by atoms with Gasteiger partial charge in [0.05, 0.1) is 12.0 Å². The van der Waals surface area contributed by atoms with Crippen molar-refractivity contribution in [3.63, 3.8) is 0 Å². The van der Waals surface area contributed by atoms with Crippen LogP contribution in [0.1, 0.15) is 19.3 Å². The van der Waals surface area contributed by atoms with Crippen LogP contribution in [-0.4, -0.2) is 29.5 Å². The van der Waals surface area contributed by atoms with E-state index in [1.165, 1.54) is 0 Å². The fraction of sp³-hybridized carbons (Fsp3) is 1.00. The van der Waals surface area contributed by atoms with Gasteiger partial charge in [0, 0.05) is 12.1 Å². The second-order valence-corrected chi connectivity index (χ2v) is 4.02. The van der Waals surface area contributed by atoms with E-state index in [0.717, 1.165) is 0 Å². The first-order valence-corrected chi connectivity index (χ1v) is 4.44. The van der Waals surface area contributed by atoms with E-state index < -0.39 is 23.7 Å². The van der Waals surface area contributed by atoms with E-state index in [0.29, 0.717) is 19.4 Å². The third-order valence-corrected chi connectivity index (χ3v) is 3.05. The van der Waals surface area contributed by atoms with Gasteiger partial charge in [0.2, 0.25) is 0 Å². The van der Waals surface area contributed by atoms with Gasteiger partial charge in [0.15, 0.2) is 0 Å². The Balaban J connectivity index is 2.13. The molecule has 1 saturated carbocycles. The van der Waals surface area contributed by atoms with Crippen molar-refractivity contribution < 1.29 is 18.3 Å². The second kappa shape index (κ2) is 2.60. The molecule has 2 atom stereocenters. The highest BCUT2D eigenvalue weighted by Crippen LogP contribution is 2.52. The Labute approximate surface area is 74.1 Å². The molecule has 1 aliphatic carbocycles. The molecule has 13 heavy (non-hydrogen) atoms. The van der Waals surface area contributed by atoms with E-state index in [1.54, 1.807) is 0 Å². The highest BCUT2D eigenvalue weighted by atomic mass is 19.4. The minimum Gasteiger partial charge on any atom is -0.392 e. The van der Waals surface area contributed by atoms with Crippen LogP contribution in [0, 0.1) is 5.92 Å². The Morgan fingerprint density at radius 2 is 1.92 bits per heavy atom. The number of hydrogen-bond acceptors (Lipinski definition) is 2. The molecule has 2 aliphatic rings. The molecule has 1 saturated heterocycles. The Hall–Kier alpha value is -0.290. The van der Waals surface area contributed by atoms with Crippen molar-refractivity contribution in [2.24, 2.45) is 5.92 Å². The van der Waals surface area contributed by atoms with E-state index in [2.05, 4.69) is 5.32 Å². The lowest BCUT2D eigenvalue weighted by Gasteiger charge is -2.36. The smallest absolute Gasteiger partial charge is 0.392 e. The molecular formula is C8H12F3NO. The Morgan fingerprint density at radius 1 is 1.31 bits per heavy atom. The predicted octanol–water partition coefficient (Wildman–Crippen LogP) is 1.05. The van der Waals surface area contributed by atoms with Gasteiger partial charge in [-0.2, -0.15) is 13.2 Å². The highest BCUT2D eigenvalue weighted by Gasteiger charge is 2.61. The van der Waals surface area contributed by atoms with Crippen LogP contribution < -0.4 is 5.32 Å². The zero-order chi connectivity index (χ0) is 9.69. The number of aliphatic hydroxyl groups excluding tert-OH is 1. The molecule has 0 amide bonds. The SMILES string of the molecule is OC1CNC2(CC2)C(C(F)(F)F)C1. The summed E-state index contributed by atoms with van der Waals surface area (Å²) in [5.74, 6) is -1.36. The van der Waals surface area contributed by atoms with Crippen molar-refractivity contribution in [3.05, 3.63) is 0 Å². The fourth-order valence-electron chi connectivity index (χ4n) is 2.13. The van der Waals surface area contributed by atoms with Crippen molar-refractivity contribution in [1.82, 2.24) is 5.32 Å². The summed E-state index contributed by atoms with van der Waals surface area (Å²) in [4.78, 5) is 0. The van der Waals surface area contributed by atoms with E-state index in [9.17, 15) is 13.2 Å². The first kappa shape index (κ1) is 9.27. The van der Waals surface area contributed by atoms with E-state index in [-0.39, 0.29) is 6.42 Å². The van der Waals surface area contributed by atoms with E-state index in [4.69, 9.17) is 5.11 Å². The molecule has 2 unspecified atom stereocenters. The molecule has 0 radical (unpaired) electrons. The van der Waals surface area contributed by atoms with Crippen LogP contribution in [0.5, 0.6) is 0 Å². The summed E-state index contributed by atoms with van der Waals surface area (Å²) in [7, 11) is 0. The van der Waals surface area contributed by atoms with Crippen LogP contribution in [-0.2, 0) is 0 Å². The Morgan fingerprint density at radius 3 is 2.38 bits per heavy atom. The zero-order valence-electron chi connectivity index (χ0n) is 7.06. The van der Waals surface area contributed by atoms with Gasteiger partial charge in [-0.25, -0.2) is 0 Å². The molecule has 0 bridgehead atoms. The van der Waals surface area contributed by atoms with Crippen LogP contribution in [0.4, 0.5) is 13.2 Å². The molecule has 0 aromatic rings. The number of halogens is 3. The van der Waals surface area contributed by atoms with E-state index >= 15 is 0 Å². The molecule has 5 heteroatoms. The summed E-state index contributed by atoms with van der Waals surface area (Å²) in [6, 6.07) is 0. The van der Waals surface area contributed by atoms with Gasteiger partial charge in [-0.15, -0.1) is 0 Å². The summed E-state index contributed by atoms with van der Waals surface area (Å²) < 4.78 is 37.5. The summed E-state index contributed by atoms with van der Waals surface area (Å²) in [6.07, 6.45) is -3.99. The van der Waals surface area contributed by atoms with Crippen LogP contribution in [0.15, 0.2) is 0 Å². The van der Waals surface area contributed by atoms with Gasteiger partial charge >= 0.3 is 6.18 Å². The first-order chi connectivity index (χ1) is 5.94. The molecule has 2 rings (SSSR count). The third kappa shape index (κ3) is 1.55. The normalized spacial score (nSPS) is 37.8. The number of nitrogens with one attached hydrogen (secondary N) is 1. The quantitative estimate of drug-likeness (QED) is 0.605. The summed E-state index contributed by atoms with van der Waals surface area (Å²) >= 11 is 0. The van der Waals surface area contributed by atoms with Crippen molar-refractivity contribution in [1.29, 1.82) is 0 Å². The number of rotatable bonds is 0. The van der Waals surface area contributed by atoms with Gasteiger partial charge in [0.1, 0.15) is 0 Å². The summed E-state index contributed by atoms with van der Waals surface area (Å²) in [5.41, 5.74) is -0.725. The van der Waals surface area contributed by atoms with Crippen LogP contribution in [0.25, 0.3) is 0 Å². The second-order valence-electron chi connectivity index (χ2n) is 4.02. The lowest BCUT2D eigenvalue weighted by atomic mass is 9.86. The van der Waals surface area contributed by atoms with Crippen molar-refractivity contribution in [2.75, 3.05) is 6.54 Å². The number of aliphatic hydroxyl groups is 1. The minimum atomic E-state index is -4.18. The molecular weight excluding hydrogens is 183 g/mol. The van der Waals surface area contributed by atoms with Crippen molar-refractivity contribution >= 4 is 0 Å². The largest absolute Gasteiger partial charge is 0.393 e. The first-order valence-electron chi connectivity index (χ1n) is 4.44. The Bertz CT molecular complexity index is 212. The lowest BCUT2D eigenvalue weighted by Crippen LogP contribution is -2.54. The van der Waals surface area contributed by atoms with Gasteiger partial charge < -0.3 is 10.4 Å². The lowest BCUT2D eigenvalue weighted by molar-refractivity contribution is -0.200. The average Bonchev–Trinajstić information content (AvgIpc) is 2.74. The Kier molecular flexibility index (Phi) is 1.86. The van der Waals surface area contributed by atoms with Crippen molar-refractivity contribution in [2.45, 2.75) is 37.1 Å². The maximum Gasteiger partial charge on any atom is 0.393 e.